The van der Waals surface area contributed by atoms with Crippen molar-refractivity contribution < 1.29 is 9.90 Å². The van der Waals surface area contributed by atoms with Crippen molar-refractivity contribution >= 4 is 46.2 Å². The van der Waals surface area contributed by atoms with Crippen LogP contribution in [0.2, 0.25) is 5.02 Å². The summed E-state index contributed by atoms with van der Waals surface area (Å²) in [7, 11) is 0. The molecule has 162 valence electrons. The summed E-state index contributed by atoms with van der Waals surface area (Å²) in [6, 6.07) is 7.57. The van der Waals surface area contributed by atoms with E-state index in [9.17, 15) is 4.79 Å². The van der Waals surface area contributed by atoms with Crippen LogP contribution in [0.15, 0.2) is 30.6 Å². The Morgan fingerprint density at radius 1 is 1.26 bits per heavy atom. The molecule has 1 aromatic carbocycles. The number of benzene rings is 1. The molecule has 4 rings (SSSR count). The van der Waals surface area contributed by atoms with E-state index < -0.39 is 5.97 Å². The van der Waals surface area contributed by atoms with E-state index in [1.807, 2.05) is 30.0 Å². The average Bonchev–Trinajstić information content (AvgIpc) is 2.73. The van der Waals surface area contributed by atoms with Crippen LogP contribution in [0.4, 0.5) is 17.7 Å². The Kier molecular flexibility index (Phi) is 6.01. The standard InChI is InChI=1S/C20H23ClN8O2/c1-12(25-20-24-11-23-19(22)27-20)14-9-13-3-2-4-15(21)17(13)26-18(14)29-7-5-28(6-8-29)10-16(30)31/h2-4,9,11-12H,5-8,10H2,1H3,(H,30,31)(H3,22,23,24,25,27). The maximum Gasteiger partial charge on any atom is 0.317 e. The number of hydrogen-bond acceptors (Lipinski definition) is 9. The van der Waals surface area contributed by atoms with Gasteiger partial charge < -0.3 is 21.1 Å². The number of rotatable bonds is 6. The van der Waals surface area contributed by atoms with Gasteiger partial charge in [0.15, 0.2) is 0 Å². The smallest absolute Gasteiger partial charge is 0.317 e. The van der Waals surface area contributed by atoms with Gasteiger partial charge in [0.05, 0.1) is 23.1 Å². The Hall–Kier alpha value is -3.24. The van der Waals surface area contributed by atoms with Gasteiger partial charge in [0.25, 0.3) is 0 Å². The molecule has 1 fully saturated rings. The average molecular weight is 443 g/mol. The quantitative estimate of drug-likeness (QED) is 0.520. The zero-order valence-corrected chi connectivity index (χ0v) is 17.7. The normalized spacial score (nSPS) is 15.7. The van der Waals surface area contributed by atoms with Crippen LogP contribution in [-0.4, -0.2) is 68.6 Å². The number of aliphatic carboxylic acids is 1. The lowest BCUT2D eigenvalue weighted by Crippen LogP contribution is -2.48. The van der Waals surface area contributed by atoms with E-state index in [1.165, 1.54) is 6.33 Å². The minimum atomic E-state index is -0.820. The molecule has 0 bridgehead atoms. The van der Waals surface area contributed by atoms with Gasteiger partial charge in [-0.1, -0.05) is 23.7 Å². The lowest BCUT2D eigenvalue weighted by Gasteiger charge is -2.36. The largest absolute Gasteiger partial charge is 0.480 e. The molecule has 1 atom stereocenters. The second-order valence-electron chi connectivity index (χ2n) is 7.40. The first kappa shape index (κ1) is 21.0. The van der Waals surface area contributed by atoms with Gasteiger partial charge in [0.1, 0.15) is 12.1 Å². The molecular formula is C20H23ClN8O2. The summed E-state index contributed by atoms with van der Waals surface area (Å²) in [5.74, 6) is 0.503. The summed E-state index contributed by atoms with van der Waals surface area (Å²) in [5.41, 5.74) is 7.36. The van der Waals surface area contributed by atoms with Crippen molar-refractivity contribution in [3.63, 3.8) is 0 Å². The van der Waals surface area contributed by atoms with Crippen molar-refractivity contribution in [2.75, 3.05) is 48.7 Å². The first-order valence-corrected chi connectivity index (χ1v) is 10.3. The molecule has 0 aliphatic carbocycles. The van der Waals surface area contributed by atoms with Gasteiger partial charge in [0.2, 0.25) is 11.9 Å². The molecule has 10 nitrogen and oxygen atoms in total. The van der Waals surface area contributed by atoms with Gasteiger partial charge in [-0.2, -0.15) is 4.98 Å². The van der Waals surface area contributed by atoms with Gasteiger partial charge in [-0.25, -0.2) is 15.0 Å². The van der Waals surface area contributed by atoms with Crippen LogP contribution < -0.4 is 16.0 Å². The number of fused-ring (bicyclic) bond motifs is 1. The van der Waals surface area contributed by atoms with E-state index in [1.54, 1.807) is 0 Å². The molecule has 11 heteroatoms. The zero-order chi connectivity index (χ0) is 22.0. The summed E-state index contributed by atoms with van der Waals surface area (Å²) in [6.07, 6.45) is 1.36. The van der Waals surface area contributed by atoms with Gasteiger partial charge in [-0.15, -0.1) is 0 Å². The number of nitrogens with one attached hydrogen (secondary N) is 1. The van der Waals surface area contributed by atoms with Gasteiger partial charge in [-0.3, -0.25) is 9.69 Å². The SMILES string of the molecule is CC(Nc1ncnc(N)n1)c1cc2cccc(Cl)c2nc1N1CCN(CC(=O)O)CC1. The number of nitrogen functional groups attached to an aromatic ring is 1. The summed E-state index contributed by atoms with van der Waals surface area (Å²) in [5, 5.41) is 13.8. The highest BCUT2D eigenvalue weighted by Gasteiger charge is 2.24. The van der Waals surface area contributed by atoms with Crippen LogP contribution in [0.25, 0.3) is 10.9 Å². The van der Waals surface area contributed by atoms with Crippen LogP contribution in [0.3, 0.4) is 0 Å². The number of carbonyl (C=O) groups is 1. The fourth-order valence-corrected chi connectivity index (χ4v) is 3.92. The molecule has 1 aliphatic rings. The van der Waals surface area contributed by atoms with Crippen LogP contribution in [0.1, 0.15) is 18.5 Å². The second-order valence-corrected chi connectivity index (χ2v) is 7.81. The van der Waals surface area contributed by atoms with Crippen molar-refractivity contribution in [1.82, 2.24) is 24.8 Å². The molecule has 31 heavy (non-hydrogen) atoms. The number of para-hydroxylation sites is 1. The fraction of sp³-hybridized carbons (Fsp3) is 0.350. The number of carboxylic acid groups (broad SMARTS) is 1. The summed E-state index contributed by atoms with van der Waals surface area (Å²) < 4.78 is 0. The number of nitrogens with two attached hydrogens (primary N) is 1. The minimum Gasteiger partial charge on any atom is -0.480 e. The van der Waals surface area contributed by atoms with Crippen LogP contribution in [0, 0.1) is 0 Å². The van der Waals surface area contributed by atoms with E-state index in [0.29, 0.717) is 37.1 Å². The van der Waals surface area contributed by atoms with Crippen molar-refractivity contribution in [3.05, 3.63) is 41.2 Å². The number of piperazine rings is 1. The molecule has 4 N–H and O–H groups in total. The Morgan fingerprint density at radius 2 is 2.03 bits per heavy atom. The molecule has 0 saturated carbocycles. The predicted octanol–water partition coefficient (Wildman–Crippen LogP) is 2.04. The maximum absolute atomic E-state index is 11.0. The van der Waals surface area contributed by atoms with E-state index in [4.69, 9.17) is 27.4 Å². The third kappa shape index (κ3) is 4.75. The summed E-state index contributed by atoms with van der Waals surface area (Å²) in [6.45, 7) is 4.64. The highest BCUT2D eigenvalue weighted by molar-refractivity contribution is 6.35. The molecule has 1 saturated heterocycles. The van der Waals surface area contributed by atoms with E-state index in [0.717, 1.165) is 22.3 Å². The van der Waals surface area contributed by atoms with Crippen molar-refractivity contribution in [2.24, 2.45) is 0 Å². The Labute approximate surface area is 184 Å². The van der Waals surface area contributed by atoms with E-state index >= 15 is 0 Å². The molecule has 0 spiro atoms. The zero-order valence-electron chi connectivity index (χ0n) is 17.0. The highest BCUT2D eigenvalue weighted by atomic mass is 35.5. The van der Waals surface area contributed by atoms with Gasteiger partial charge >= 0.3 is 5.97 Å². The Balaban J connectivity index is 1.67. The van der Waals surface area contributed by atoms with Crippen molar-refractivity contribution in [3.8, 4) is 0 Å². The Bertz CT molecular complexity index is 1100. The molecule has 1 unspecified atom stereocenters. The lowest BCUT2D eigenvalue weighted by atomic mass is 10.0. The third-order valence-electron chi connectivity index (χ3n) is 5.24. The van der Waals surface area contributed by atoms with Gasteiger partial charge in [-0.05, 0) is 19.1 Å². The molecule has 1 aliphatic heterocycles. The molecule has 2 aromatic heterocycles. The molecule has 3 heterocycles. The first-order valence-electron chi connectivity index (χ1n) is 9.90. The summed E-state index contributed by atoms with van der Waals surface area (Å²) >= 11 is 6.42. The third-order valence-corrected chi connectivity index (χ3v) is 5.54. The van der Waals surface area contributed by atoms with Gasteiger partial charge in [0, 0.05) is 37.1 Å². The van der Waals surface area contributed by atoms with E-state index in [2.05, 4.69) is 31.2 Å². The van der Waals surface area contributed by atoms with Crippen LogP contribution >= 0.6 is 11.6 Å². The number of anilines is 3. The first-order chi connectivity index (χ1) is 14.9. The Morgan fingerprint density at radius 3 is 2.74 bits per heavy atom. The molecule has 0 amide bonds. The van der Waals surface area contributed by atoms with Crippen molar-refractivity contribution in [1.29, 1.82) is 0 Å². The van der Waals surface area contributed by atoms with Crippen LogP contribution in [-0.2, 0) is 4.79 Å². The number of nitrogens with zero attached hydrogens (tertiary/aromatic N) is 6. The monoisotopic (exact) mass is 442 g/mol. The molecule has 0 radical (unpaired) electrons. The number of halogens is 1. The molecular weight excluding hydrogens is 420 g/mol. The number of hydrogen-bond donors (Lipinski definition) is 3. The maximum atomic E-state index is 11.0. The number of pyridine rings is 1. The minimum absolute atomic E-state index is 0.0381. The fourth-order valence-electron chi connectivity index (χ4n) is 3.70. The molecule has 3 aromatic rings. The highest BCUT2D eigenvalue weighted by Crippen LogP contribution is 2.33. The van der Waals surface area contributed by atoms with Crippen LogP contribution in [0.5, 0.6) is 0 Å². The number of aromatic nitrogens is 4. The predicted molar refractivity (Wildman–Crippen MR) is 119 cm³/mol. The topological polar surface area (TPSA) is 133 Å². The number of carboxylic acids is 1. The lowest BCUT2D eigenvalue weighted by molar-refractivity contribution is -0.138. The van der Waals surface area contributed by atoms with Crippen molar-refractivity contribution in [2.45, 2.75) is 13.0 Å². The van der Waals surface area contributed by atoms with E-state index in [-0.39, 0.29) is 18.5 Å². The summed E-state index contributed by atoms with van der Waals surface area (Å²) in [4.78, 5) is 32.1. The second kappa shape index (κ2) is 8.86.